The first-order valence-corrected chi connectivity index (χ1v) is 21.2. The highest BCUT2D eigenvalue weighted by atomic mass is 15.5. The Kier molecular flexibility index (Phi) is 8.87. The summed E-state index contributed by atoms with van der Waals surface area (Å²) in [6.45, 7) is 0. The van der Waals surface area contributed by atoms with Crippen molar-refractivity contribution in [1.82, 2.24) is 102 Å². The minimum Gasteiger partial charge on any atom is -0.354 e. The lowest BCUT2D eigenvalue weighted by atomic mass is 10.0. The molecule has 4 aromatic carbocycles. The van der Waals surface area contributed by atoms with E-state index >= 15 is 0 Å². The Morgan fingerprint density at radius 1 is 0.250 bits per heavy atom. The largest absolute Gasteiger partial charge is 0.354 e. The van der Waals surface area contributed by atoms with E-state index in [4.69, 9.17) is 9.97 Å². The van der Waals surface area contributed by atoms with E-state index in [1.807, 2.05) is 48.5 Å². The van der Waals surface area contributed by atoms with E-state index in [-0.39, 0.29) is 0 Å². The van der Waals surface area contributed by atoms with Gasteiger partial charge in [0.05, 0.1) is 22.8 Å². The summed E-state index contributed by atoms with van der Waals surface area (Å²) in [5.41, 5.74) is 17.1. The molecule has 322 valence electrons. The zero-order chi connectivity index (χ0) is 45.0. The molecule has 0 spiro atoms. The van der Waals surface area contributed by atoms with Crippen LogP contribution in [0.25, 0.3) is 136 Å². The molecule has 2 aliphatic heterocycles. The van der Waals surface area contributed by atoms with E-state index in [1.165, 1.54) is 0 Å². The Balaban J connectivity index is 1.10. The summed E-state index contributed by atoms with van der Waals surface area (Å²) in [6, 6.07) is 40.7. The fourth-order valence-corrected chi connectivity index (χ4v) is 8.73. The van der Waals surface area contributed by atoms with Crippen LogP contribution in [-0.4, -0.2) is 102 Å². The minimum absolute atomic E-state index is 0.568. The first-order chi connectivity index (χ1) is 33.7. The number of nitrogens with zero attached hydrogens (tertiary/aromatic N) is 14. The van der Waals surface area contributed by atoms with E-state index < -0.39 is 0 Å². The van der Waals surface area contributed by atoms with Gasteiger partial charge in [-0.05, 0) is 113 Å². The summed E-state index contributed by atoms with van der Waals surface area (Å²) in [5, 5.41) is 58.1. The fourth-order valence-electron chi connectivity index (χ4n) is 8.73. The van der Waals surface area contributed by atoms with Crippen molar-refractivity contribution in [3.63, 3.8) is 0 Å². The van der Waals surface area contributed by atoms with Crippen LogP contribution in [0.15, 0.2) is 121 Å². The molecular formula is C48H30N20. The lowest BCUT2D eigenvalue weighted by molar-refractivity contribution is 0.881. The summed E-state index contributed by atoms with van der Waals surface area (Å²) in [4.78, 5) is 18.5. The van der Waals surface area contributed by atoms with Crippen LogP contribution in [0.5, 0.6) is 0 Å². The van der Waals surface area contributed by atoms with Crippen molar-refractivity contribution >= 4 is 46.4 Å². The third-order valence-corrected chi connectivity index (χ3v) is 11.9. The van der Waals surface area contributed by atoms with E-state index in [0.29, 0.717) is 23.3 Å². The minimum atomic E-state index is 0.568. The molecule has 20 nitrogen and oxygen atoms in total. The monoisotopic (exact) mass is 886 g/mol. The Bertz CT molecular complexity index is 3350. The van der Waals surface area contributed by atoms with Gasteiger partial charge in [-0.25, -0.2) is 30.4 Å². The molecule has 0 radical (unpaired) electrons. The quantitative estimate of drug-likeness (QED) is 0.0843. The van der Waals surface area contributed by atoms with Gasteiger partial charge in [-0.1, -0.05) is 97.1 Å². The zero-order valence-corrected chi connectivity index (χ0v) is 35.1. The van der Waals surface area contributed by atoms with Crippen LogP contribution in [-0.2, 0) is 0 Å². The molecule has 0 atom stereocenters. The summed E-state index contributed by atoms with van der Waals surface area (Å²) in [5.74, 6) is 2.27. The van der Waals surface area contributed by atoms with Crippen molar-refractivity contribution in [2.75, 3.05) is 0 Å². The molecule has 11 aromatic rings. The number of rotatable bonds is 8. The predicted octanol–water partition coefficient (Wildman–Crippen LogP) is 8.04. The van der Waals surface area contributed by atoms with Crippen molar-refractivity contribution in [2.45, 2.75) is 0 Å². The SMILES string of the molecule is C1=Cc2nc1c(-c1ccc(-c3nnn[nH]3)cc1)c1ccc([nH]1)c(-c1ccc(-c3nnn[nH]3)cc1)c1nc(c(-c3ccc(-c4nnn[nH]4)cc3)c3ccc([nH]3)c2-c2ccc(-c3nnn[nH]3)cc2)C=C1. The molecule has 8 bridgehead atoms. The van der Waals surface area contributed by atoms with Gasteiger partial charge in [0.15, 0.2) is 23.3 Å². The normalized spacial score (nSPS) is 12.0. The lowest BCUT2D eigenvalue weighted by Crippen LogP contribution is -1.90. The fraction of sp³-hybridized carbons (Fsp3) is 0. The maximum atomic E-state index is 5.45. The number of nitrogens with one attached hydrogen (secondary N) is 6. The first kappa shape index (κ1) is 38.2. The lowest BCUT2D eigenvalue weighted by Gasteiger charge is -2.08. The Labute approximate surface area is 381 Å². The molecule has 0 saturated carbocycles. The van der Waals surface area contributed by atoms with Crippen LogP contribution in [0, 0.1) is 0 Å². The van der Waals surface area contributed by atoms with E-state index in [0.717, 1.165) is 112 Å². The van der Waals surface area contributed by atoms with Crippen LogP contribution >= 0.6 is 0 Å². The van der Waals surface area contributed by atoms with Crippen molar-refractivity contribution in [3.8, 4) is 90.1 Å². The van der Waals surface area contributed by atoms with Gasteiger partial charge in [-0.15, -0.1) is 20.4 Å². The highest BCUT2D eigenvalue weighted by Crippen LogP contribution is 2.39. The highest BCUT2D eigenvalue weighted by molar-refractivity contribution is 6.00. The van der Waals surface area contributed by atoms with Crippen molar-refractivity contribution in [3.05, 3.63) is 144 Å². The van der Waals surface area contributed by atoms with E-state index in [9.17, 15) is 0 Å². The number of benzene rings is 4. The van der Waals surface area contributed by atoms with Crippen LogP contribution in [0.2, 0.25) is 0 Å². The van der Waals surface area contributed by atoms with Gasteiger partial charge in [0, 0.05) is 66.6 Å². The van der Waals surface area contributed by atoms with Gasteiger partial charge in [0.1, 0.15) is 0 Å². The molecule has 0 saturated heterocycles. The van der Waals surface area contributed by atoms with Crippen LogP contribution < -0.4 is 0 Å². The molecule has 6 N–H and O–H groups in total. The maximum Gasteiger partial charge on any atom is 0.179 e. The van der Waals surface area contributed by atoms with Crippen molar-refractivity contribution in [1.29, 1.82) is 0 Å². The molecule has 7 aromatic heterocycles. The molecule has 0 unspecified atom stereocenters. The molecule has 68 heavy (non-hydrogen) atoms. The van der Waals surface area contributed by atoms with E-state index in [1.54, 1.807) is 0 Å². The Morgan fingerprint density at radius 2 is 0.471 bits per heavy atom. The molecule has 0 aliphatic carbocycles. The number of H-pyrrole nitrogens is 6. The Hall–Kier alpha value is -10.2. The summed E-state index contributed by atoms with van der Waals surface area (Å²) in [6.07, 6.45) is 8.24. The third kappa shape index (κ3) is 6.72. The zero-order valence-electron chi connectivity index (χ0n) is 35.1. The molecule has 0 amide bonds. The van der Waals surface area contributed by atoms with Gasteiger partial charge >= 0.3 is 0 Å². The van der Waals surface area contributed by atoms with Gasteiger partial charge in [-0.2, -0.15) is 0 Å². The number of aromatic amines is 6. The van der Waals surface area contributed by atoms with Gasteiger partial charge in [0.25, 0.3) is 0 Å². The van der Waals surface area contributed by atoms with Gasteiger partial charge in [-0.3, -0.25) is 0 Å². The van der Waals surface area contributed by atoms with Crippen LogP contribution in [0.4, 0.5) is 0 Å². The third-order valence-electron chi connectivity index (χ3n) is 11.9. The molecule has 0 fully saturated rings. The average molecular weight is 887 g/mol. The average Bonchev–Trinajstić information content (AvgIpc) is 4.24. The van der Waals surface area contributed by atoms with Crippen LogP contribution in [0.3, 0.4) is 0 Å². The number of fused-ring (bicyclic) bond motifs is 8. The predicted molar refractivity (Wildman–Crippen MR) is 253 cm³/mol. The standard InChI is InChI=1S/C48H30N20/c1-9-29(45-53-61-62-54-45)10-2-25(1)41-33-17-19-35(49-33)42(26-3-11-30(12-4-26)46-55-63-64-56-46)37-21-23-39(51-37)44(28-7-15-32(16-8-28)48-59-67-68-60-48)40-24-22-38(52-40)43(36-20-18-34(41)50-36)27-5-13-31(14-6-27)47-57-65-66-58-47/h1-24,49,52H,(H,53,54,61,62)(H,55,56,63,64)(H,57,58,65,66)(H,59,60,67,68). The number of hydrogen-bond acceptors (Lipinski definition) is 14. The topological polar surface area (TPSA) is 275 Å². The summed E-state index contributed by atoms with van der Waals surface area (Å²) >= 11 is 0. The number of hydrogen-bond donors (Lipinski definition) is 6. The summed E-state index contributed by atoms with van der Waals surface area (Å²) < 4.78 is 0. The molecule has 9 heterocycles. The Morgan fingerprint density at radius 3 is 0.676 bits per heavy atom. The number of tetrazole rings is 4. The first-order valence-electron chi connectivity index (χ1n) is 21.2. The maximum absolute atomic E-state index is 5.45. The smallest absolute Gasteiger partial charge is 0.179 e. The van der Waals surface area contributed by atoms with Gasteiger partial charge < -0.3 is 9.97 Å². The molecule has 20 heteroatoms. The summed E-state index contributed by atoms with van der Waals surface area (Å²) in [7, 11) is 0. The van der Waals surface area contributed by atoms with E-state index in [2.05, 4.69) is 190 Å². The second kappa shape index (κ2) is 15.8. The number of aromatic nitrogens is 20. The molecule has 13 rings (SSSR count). The van der Waals surface area contributed by atoms with Crippen molar-refractivity contribution in [2.24, 2.45) is 0 Å². The van der Waals surface area contributed by atoms with Crippen LogP contribution in [0.1, 0.15) is 22.8 Å². The second-order valence-corrected chi connectivity index (χ2v) is 15.8. The van der Waals surface area contributed by atoms with Crippen molar-refractivity contribution < 1.29 is 0 Å². The highest BCUT2D eigenvalue weighted by Gasteiger charge is 2.20. The molecular weight excluding hydrogens is 857 g/mol. The molecule has 2 aliphatic rings. The second-order valence-electron chi connectivity index (χ2n) is 15.8. The van der Waals surface area contributed by atoms with Gasteiger partial charge in [0.2, 0.25) is 0 Å².